The van der Waals surface area contributed by atoms with Gasteiger partial charge in [0.25, 0.3) is 0 Å². The molecular formula is C17H17O2P. The van der Waals surface area contributed by atoms with E-state index in [-0.39, 0.29) is 0 Å². The number of benzene rings is 2. The van der Waals surface area contributed by atoms with Gasteiger partial charge in [-0.05, 0) is 20.1 Å². The second-order valence-electron chi connectivity index (χ2n) is 4.13. The summed E-state index contributed by atoms with van der Waals surface area (Å²) in [6, 6.07) is 16.1. The zero-order chi connectivity index (χ0) is 14.4. The van der Waals surface area contributed by atoms with E-state index >= 15 is 0 Å². The Morgan fingerprint density at radius 1 is 0.900 bits per heavy atom. The minimum Gasteiger partial charge on any atom is -0.496 e. The summed E-state index contributed by atoms with van der Waals surface area (Å²) in [5.74, 6) is 4.53. The molecule has 20 heavy (non-hydrogen) atoms. The molecule has 0 aromatic heterocycles. The van der Waals surface area contributed by atoms with Crippen LogP contribution in [0.2, 0.25) is 0 Å². The molecular weight excluding hydrogens is 267 g/mol. The standard InChI is InChI=1S/C17H17O2P/c1-4-13-20(16-11-7-5-9-14(16)18-2)17-12-8-6-10-15(17)19-3/h1,5-12H,13H2,2-3H3. The number of hydrogen-bond donors (Lipinski definition) is 0. The number of ether oxygens (including phenoxy) is 2. The summed E-state index contributed by atoms with van der Waals surface area (Å²) in [5.41, 5.74) is 0. The maximum atomic E-state index is 5.57. The highest BCUT2D eigenvalue weighted by Crippen LogP contribution is 2.39. The lowest BCUT2D eigenvalue weighted by molar-refractivity contribution is 0.417. The van der Waals surface area contributed by atoms with E-state index in [2.05, 4.69) is 18.1 Å². The fraction of sp³-hybridized carbons (Fsp3) is 0.176. The topological polar surface area (TPSA) is 18.5 Å². The molecule has 0 aliphatic carbocycles. The molecule has 0 radical (unpaired) electrons. The second-order valence-corrected chi connectivity index (χ2v) is 6.27. The van der Waals surface area contributed by atoms with Crippen molar-refractivity contribution < 1.29 is 9.47 Å². The number of hydrogen-bond acceptors (Lipinski definition) is 2. The molecule has 0 bridgehead atoms. The van der Waals surface area contributed by atoms with E-state index in [0.29, 0.717) is 6.16 Å². The van der Waals surface area contributed by atoms with Gasteiger partial charge in [0.05, 0.1) is 14.2 Å². The largest absolute Gasteiger partial charge is 0.496 e. The molecule has 2 rings (SSSR count). The summed E-state index contributed by atoms with van der Waals surface area (Å²) < 4.78 is 10.9. The third-order valence-corrected chi connectivity index (χ3v) is 5.40. The van der Waals surface area contributed by atoms with Crippen molar-refractivity contribution in [2.45, 2.75) is 0 Å². The molecule has 0 fully saturated rings. The summed E-state index contributed by atoms with van der Waals surface area (Å²) in [5, 5.41) is 2.29. The molecule has 2 nitrogen and oxygen atoms in total. The highest BCUT2D eigenvalue weighted by atomic mass is 31.1. The van der Waals surface area contributed by atoms with E-state index in [1.54, 1.807) is 14.2 Å². The van der Waals surface area contributed by atoms with Gasteiger partial charge in [0.2, 0.25) is 0 Å². The van der Waals surface area contributed by atoms with Crippen LogP contribution >= 0.6 is 7.92 Å². The van der Waals surface area contributed by atoms with Crippen LogP contribution in [0.25, 0.3) is 0 Å². The molecule has 0 amide bonds. The van der Waals surface area contributed by atoms with Crippen molar-refractivity contribution in [1.82, 2.24) is 0 Å². The maximum absolute atomic E-state index is 5.57. The van der Waals surface area contributed by atoms with Gasteiger partial charge in [-0.2, -0.15) is 0 Å². The lowest BCUT2D eigenvalue weighted by Crippen LogP contribution is -2.17. The molecule has 2 aromatic carbocycles. The van der Waals surface area contributed by atoms with Crippen LogP contribution in [0.4, 0.5) is 0 Å². The van der Waals surface area contributed by atoms with Crippen LogP contribution in [0.1, 0.15) is 0 Å². The summed E-state index contributed by atoms with van der Waals surface area (Å²) >= 11 is 0. The van der Waals surface area contributed by atoms with Gasteiger partial charge in [-0.3, -0.25) is 0 Å². The first-order valence-electron chi connectivity index (χ1n) is 6.29. The fourth-order valence-electron chi connectivity index (χ4n) is 2.10. The van der Waals surface area contributed by atoms with Gasteiger partial charge in [0, 0.05) is 16.8 Å². The zero-order valence-electron chi connectivity index (χ0n) is 11.7. The Morgan fingerprint density at radius 2 is 1.35 bits per heavy atom. The van der Waals surface area contributed by atoms with Crippen LogP contribution in [0.3, 0.4) is 0 Å². The van der Waals surface area contributed by atoms with E-state index in [0.717, 1.165) is 22.1 Å². The monoisotopic (exact) mass is 284 g/mol. The Hall–Kier alpha value is -1.97. The summed E-state index contributed by atoms with van der Waals surface area (Å²) in [7, 11) is 2.68. The van der Waals surface area contributed by atoms with Crippen LogP contribution in [-0.2, 0) is 0 Å². The van der Waals surface area contributed by atoms with Gasteiger partial charge < -0.3 is 9.47 Å². The lowest BCUT2D eigenvalue weighted by Gasteiger charge is -2.20. The lowest BCUT2D eigenvalue weighted by atomic mass is 10.3. The smallest absolute Gasteiger partial charge is 0.126 e. The van der Waals surface area contributed by atoms with Gasteiger partial charge >= 0.3 is 0 Å². The van der Waals surface area contributed by atoms with E-state index in [4.69, 9.17) is 15.9 Å². The number of terminal acetylenes is 1. The average Bonchev–Trinajstić information content (AvgIpc) is 2.52. The van der Waals surface area contributed by atoms with Crippen LogP contribution in [0.15, 0.2) is 48.5 Å². The number of rotatable bonds is 5. The molecule has 0 saturated heterocycles. The SMILES string of the molecule is C#CCP(c1ccccc1OC)c1ccccc1OC. The molecule has 0 N–H and O–H groups in total. The molecule has 102 valence electrons. The summed E-state index contributed by atoms with van der Waals surface area (Å²) in [6.07, 6.45) is 6.23. The van der Waals surface area contributed by atoms with Crippen molar-refractivity contribution in [3.05, 3.63) is 48.5 Å². The molecule has 0 heterocycles. The van der Waals surface area contributed by atoms with Gasteiger partial charge in [-0.1, -0.05) is 36.4 Å². The van der Waals surface area contributed by atoms with Crippen molar-refractivity contribution in [3.8, 4) is 23.8 Å². The maximum Gasteiger partial charge on any atom is 0.126 e. The molecule has 2 aromatic rings. The second kappa shape index (κ2) is 6.98. The van der Waals surface area contributed by atoms with Gasteiger partial charge in [-0.15, -0.1) is 12.3 Å². The Morgan fingerprint density at radius 3 is 1.75 bits per heavy atom. The first-order chi connectivity index (χ1) is 9.81. The predicted molar refractivity (Wildman–Crippen MR) is 85.9 cm³/mol. The minimum absolute atomic E-state index is 0.663. The average molecular weight is 284 g/mol. The Bertz CT molecular complexity index is 569. The Labute approximate surface area is 121 Å². The van der Waals surface area contributed by atoms with Crippen LogP contribution in [0.5, 0.6) is 11.5 Å². The summed E-state index contributed by atoms with van der Waals surface area (Å²) in [6.45, 7) is 0. The molecule has 0 atom stereocenters. The van der Waals surface area contributed by atoms with Gasteiger partial charge in [-0.25, -0.2) is 0 Å². The third-order valence-electron chi connectivity index (χ3n) is 3.00. The number of methoxy groups -OCH3 is 2. The van der Waals surface area contributed by atoms with E-state index in [1.807, 2.05) is 36.4 Å². The highest BCUT2D eigenvalue weighted by molar-refractivity contribution is 7.73. The molecule has 0 saturated carbocycles. The Kier molecular flexibility index (Phi) is 5.04. The molecule has 0 unspecified atom stereocenters. The normalized spacial score (nSPS) is 10.1. The predicted octanol–water partition coefficient (Wildman–Crippen LogP) is 2.77. The molecule has 3 heteroatoms. The minimum atomic E-state index is -0.690. The summed E-state index contributed by atoms with van der Waals surface area (Å²) in [4.78, 5) is 0. The first-order valence-corrected chi connectivity index (χ1v) is 7.81. The Balaban J connectivity index is 2.54. The van der Waals surface area contributed by atoms with E-state index in [1.165, 1.54) is 0 Å². The van der Waals surface area contributed by atoms with E-state index in [9.17, 15) is 0 Å². The highest BCUT2D eigenvalue weighted by Gasteiger charge is 2.19. The van der Waals surface area contributed by atoms with Crippen molar-refractivity contribution >= 4 is 18.5 Å². The van der Waals surface area contributed by atoms with Crippen LogP contribution in [0, 0.1) is 12.3 Å². The van der Waals surface area contributed by atoms with Gasteiger partial charge in [0.1, 0.15) is 11.5 Å². The molecule has 0 aliphatic heterocycles. The molecule has 0 aliphatic rings. The molecule has 0 spiro atoms. The van der Waals surface area contributed by atoms with Crippen LogP contribution < -0.4 is 20.1 Å². The quantitative estimate of drug-likeness (QED) is 0.621. The third kappa shape index (κ3) is 2.95. The zero-order valence-corrected chi connectivity index (χ0v) is 12.6. The van der Waals surface area contributed by atoms with Crippen LogP contribution in [-0.4, -0.2) is 20.4 Å². The van der Waals surface area contributed by atoms with Gasteiger partial charge in [0.15, 0.2) is 0 Å². The fourth-order valence-corrected chi connectivity index (χ4v) is 4.28. The van der Waals surface area contributed by atoms with E-state index < -0.39 is 7.92 Å². The van der Waals surface area contributed by atoms with Crippen molar-refractivity contribution in [2.24, 2.45) is 0 Å². The first kappa shape index (κ1) is 14.4. The number of para-hydroxylation sites is 2. The van der Waals surface area contributed by atoms with Crippen molar-refractivity contribution in [2.75, 3.05) is 20.4 Å². The van der Waals surface area contributed by atoms with Crippen molar-refractivity contribution in [1.29, 1.82) is 0 Å². The van der Waals surface area contributed by atoms with Crippen molar-refractivity contribution in [3.63, 3.8) is 0 Å².